The summed E-state index contributed by atoms with van der Waals surface area (Å²) < 4.78 is 12.2. The number of likely N-dealkylation sites (N-methyl/N-ethyl adjacent to an activating group) is 1. The molecule has 2 aliphatic heterocycles. The van der Waals surface area contributed by atoms with Crippen LogP contribution in [0.1, 0.15) is 55.8 Å². The summed E-state index contributed by atoms with van der Waals surface area (Å²) in [4.78, 5) is 41.4. The van der Waals surface area contributed by atoms with Crippen molar-refractivity contribution in [1.29, 1.82) is 0 Å². The number of benzene rings is 1. The highest BCUT2D eigenvalue weighted by atomic mass is 16.5. The quantitative estimate of drug-likeness (QED) is 0.533. The molecule has 1 fully saturated rings. The number of rotatable bonds is 9. The van der Waals surface area contributed by atoms with Crippen LogP contribution in [0, 0.1) is 0 Å². The summed E-state index contributed by atoms with van der Waals surface area (Å²) in [7, 11) is 5.80. The van der Waals surface area contributed by atoms with Crippen LogP contribution in [0.25, 0.3) is 0 Å². The number of fused-ring (bicyclic) bond motifs is 2. The monoisotopic (exact) mass is 474 g/mol. The summed E-state index contributed by atoms with van der Waals surface area (Å²) >= 11 is 0. The molecule has 3 amide bonds. The van der Waals surface area contributed by atoms with Gasteiger partial charge >= 0.3 is 0 Å². The van der Waals surface area contributed by atoms with Crippen molar-refractivity contribution in [1.82, 2.24) is 15.1 Å². The van der Waals surface area contributed by atoms with Gasteiger partial charge in [-0.05, 0) is 64.5 Å². The first-order valence-corrected chi connectivity index (χ1v) is 12.2. The van der Waals surface area contributed by atoms with E-state index in [2.05, 4.69) is 15.5 Å². The second-order valence-corrected chi connectivity index (χ2v) is 9.39. The van der Waals surface area contributed by atoms with Crippen LogP contribution in [0.5, 0.6) is 5.75 Å². The number of hydrogen-bond donors (Lipinski definition) is 2. The Morgan fingerprint density at radius 2 is 2.00 bits per heavy atom. The van der Waals surface area contributed by atoms with Gasteiger partial charge in [-0.1, -0.05) is 6.92 Å². The van der Waals surface area contributed by atoms with Crippen molar-refractivity contribution in [2.75, 3.05) is 46.2 Å². The average molecular weight is 475 g/mol. The molecule has 0 unspecified atom stereocenters. The molecule has 1 aromatic carbocycles. The maximum atomic E-state index is 13.3. The third-order valence-corrected chi connectivity index (χ3v) is 6.29. The van der Waals surface area contributed by atoms with Gasteiger partial charge in [0.2, 0.25) is 11.8 Å². The molecule has 9 nitrogen and oxygen atoms in total. The Labute approximate surface area is 202 Å². The zero-order valence-corrected chi connectivity index (χ0v) is 20.8. The van der Waals surface area contributed by atoms with E-state index in [0.29, 0.717) is 42.8 Å². The lowest BCUT2D eigenvalue weighted by molar-refractivity contribution is -0.134. The fraction of sp³-hybridized carbons (Fsp3) is 0.640. The zero-order chi connectivity index (χ0) is 24.7. The third-order valence-electron chi connectivity index (χ3n) is 6.29. The lowest BCUT2D eigenvalue weighted by Gasteiger charge is -2.42. The molecule has 0 spiro atoms. The van der Waals surface area contributed by atoms with E-state index in [0.717, 1.165) is 25.8 Å². The molecule has 3 rings (SSSR count). The Hall–Kier alpha value is -2.65. The third kappa shape index (κ3) is 6.93. The van der Waals surface area contributed by atoms with Gasteiger partial charge in [-0.2, -0.15) is 0 Å². The molecule has 9 heteroatoms. The Morgan fingerprint density at radius 1 is 1.21 bits per heavy atom. The molecular weight excluding hydrogens is 436 g/mol. The number of ether oxygens (including phenoxy) is 2. The van der Waals surface area contributed by atoms with E-state index < -0.39 is 0 Å². The van der Waals surface area contributed by atoms with E-state index in [-0.39, 0.29) is 42.6 Å². The van der Waals surface area contributed by atoms with Crippen LogP contribution in [-0.4, -0.2) is 86.6 Å². The van der Waals surface area contributed by atoms with Crippen molar-refractivity contribution < 1.29 is 23.9 Å². The molecule has 1 saturated heterocycles. The number of carbonyl (C=O) groups excluding carboxylic acids is 3. The molecule has 0 radical (unpaired) electrons. The number of amides is 3. The number of anilines is 1. The first-order valence-electron chi connectivity index (χ1n) is 12.2. The van der Waals surface area contributed by atoms with Gasteiger partial charge in [0.1, 0.15) is 18.5 Å². The van der Waals surface area contributed by atoms with Gasteiger partial charge in [-0.15, -0.1) is 0 Å². The van der Waals surface area contributed by atoms with Crippen molar-refractivity contribution in [3.8, 4) is 5.75 Å². The molecule has 0 aromatic heterocycles. The molecule has 1 aromatic rings. The van der Waals surface area contributed by atoms with Crippen molar-refractivity contribution in [3.05, 3.63) is 23.8 Å². The zero-order valence-electron chi connectivity index (χ0n) is 20.8. The highest BCUT2D eigenvalue weighted by Crippen LogP contribution is 2.32. The van der Waals surface area contributed by atoms with Crippen LogP contribution >= 0.6 is 0 Å². The van der Waals surface area contributed by atoms with Gasteiger partial charge in [0.05, 0.1) is 24.1 Å². The molecule has 188 valence electrons. The summed E-state index contributed by atoms with van der Waals surface area (Å²) in [5.74, 6) is 0.204. The molecule has 0 aliphatic carbocycles. The van der Waals surface area contributed by atoms with Gasteiger partial charge < -0.3 is 29.9 Å². The molecular formula is C25H38N4O5. The normalized spacial score (nSPS) is 22.2. The number of carbonyl (C=O) groups is 3. The smallest absolute Gasteiger partial charge is 0.257 e. The lowest BCUT2D eigenvalue weighted by Crippen LogP contribution is -2.54. The van der Waals surface area contributed by atoms with Crippen molar-refractivity contribution >= 4 is 23.4 Å². The maximum Gasteiger partial charge on any atom is 0.257 e. The Bertz CT molecular complexity index is 875. The second kappa shape index (κ2) is 12.2. The molecule has 34 heavy (non-hydrogen) atoms. The molecule has 3 atom stereocenters. The highest BCUT2D eigenvalue weighted by Gasteiger charge is 2.39. The van der Waals surface area contributed by atoms with Crippen LogP contribution in [0.3, 0.4) is 0 Å². The lowest BCUT2D eigenvalue weighted by atomic mass is 9.94. The number of hydrogen-bond acceptors (Lipinski definition) is 6. The van der Waals surface area contributed by atoms with Gasteiger partial charge in [0, 0.05) is 25.7 Å². The number of nitrogens with zero attached hydrogens (tertiary/aromatic N) is 2. The van der Waals surface area contributed by atoms with Crippen LogP contribution in [0.4, 0.5) is 5.69 Å². The minimum atomic E-state index is -0.314. The SMILES string of the molecule is CCCC(=O)Nc1ccc2c(c1)C(=O)N(C)[C@@H]1CC[C@H](CC(=O)NCCCN(C)C)O[C@@H]1CO2. The molecule has 0 bridgehead atoms. The predicted molar refractivity (Wildman–Crippen MR) is 130 cm³/mol. The fourth-order valence-electron chi connectivity index (χ4n) is 4.46. The van der Waals surface area contributed by atoms with Crippen LogP contribution < -0.4 is 15.4 Å². The van der Waals surface area contributed by atoms with Crippen molar-refractivity contribution in [3.63, 3.8) is 0 Å². The van der Waals surface area contributed by atoms with E-state index in [1.54, 1.807) is 30.1 Å². The summed E-state index contributed by atoms with van der Waals surface area (Å²) in [6.45, 7) is 3.81. The van der Waals surface area contributed by atoms with E-state index in [1.165, 1.54) is 0 Å². The fourth-order valence-corrected chi connectivity index (χ4v) is 4.46. The average Bonchev–Trinajstić information content (AvgIpc) is 2.79. The Kier molecular flexibility index (Phi) is 9.29. The first-order chi connectivity index (χ1) is 16.3. The van der Waals surface area contributed by atoms with E-state index >= 15 is 0 Å². The second-order valence-electron chi connectivity index (χ2n) is 9.39. The minimum absolute atomic E-state index is 0.0126. The van der Waals surface area contributed by atoms with Crippen molar-refractivity contribution in [2.24, 2.45) is 0 Å². The van der Waals surface area contributed by atoms with E-state index in [9.17, 15) is 14.4 Å². The molecule has 2 N–H and O–H groups in total. The topological polar surface area (TPSA) is 100 Å². The van der Waals surface area contributed by atoms with Gasteiger partial charge in [-0.25, -0.2) is 0 Å². The molecule has 2 aliphatic rings. The Balaban J connectivity index is 1.61. The molecule has 2 heterocycles. The van der Waals surface area contributed by atoms with Crippen LogP contribution in [-0.2, 0) is 14.3 Å². The van der Waals surface area contributed by atoms with Gasteiger partial charge in [0.15, 0.2) is 0 Å². The predicted octanol–water partition coefficient (Wildman–Crippen LogP) is 2.26. The summed E-state index contributed by atoms with van der Waals surface area (Å²) in [5, 5.41) is 5.80. The standard InChI is InChI=1S/C25H38N4O5/c1-5-7-23(30)27-17-8-11-21-19(14-17)25(32)29(4)20-10-9-18(34-22(20)16-33-21)15-24(31)26-12-6-13-28(2)3/h8,11,14,18,20,22H,5-7,9-10,12-13,15-16H2,1-4H3,(H,26,31)(H,27,30)/t18-,20-,22-/m1/s1. The largest absolute Gasteiger partial charge is 0.490 e. The van der Waals surface area contributed by atoms with Crippen LogP contribution in [0.2, 0.25) is 0 Å². The summed E-state index contributed by atoms with van der Waals surface area (Å²) in [5.41, 5.74) is 1.01. The Morgan fingerprint density at radius 3 is 2.74 bits per heavy atom. The minimum Gasteiger partial charge on any atom is -0.490 e. The summed E-state index contributed by atoms with van der Waals surface area (Å²) in [6.07, 6.45) is 3.31. The summed E-state index contributed by atoms with van der Waals surface area (Å²) in [6, 6.07) is 4.99. The highest BCUT2D eigenvalue weighted by molar-refractivity contribution is 5.99. The van der Waals surface area contributed by atoms with Gasteiger partial charge in [0.25, 0.3) is 5.91 Å². The molecule has 0 saturated carbocycles. The van der Waals surface area contributed by atoms with Crippen LogP contribution in [0.15, 0.2) is 18.2 Å². The van der Waals surface area contributed by atoms with E-state index in [1.807, 2.05) is 21.0 Å². The van der Waals surface area contributed by atoms with Crippen molar-refractivity contribution in [2.45, 2.75) is 63.7 Å². The van der Waals surface area contributed by atoms with Gasteiger partial charge in [-0.3, -0.25) is 14.4 Å². The number of nitrogens with one attached hydrogen (secondary N) is 2. The maximum absolute atomic E-state index is 13.3. The van der Waals surface area contributed by atoms with E-state index in [4.69, 9.17) is 9.47 Å². The first kappa shape index (κ1) is 26.0.